The fourth-order valence-corrected chi connectivity index (χ4v) is 3.90. The molecule has 29 heavy (non-hydrogen) atoms. The van der Waals surface area contributed by atoms with E-state index in [9.17, 15) is 4.79 Å². The van der Waals surface area contributed by atoms with Gasteiger partial charge in [-0.15, -0.1) is 12.4 Å². The number of aromatic amines is 1. The molecule has 154 valence electrons. The number of halogens is 1. The Morgan fingerprint density at radius 3 is 2.66 bits per heavy atom. The quantitative estimate of drug-likeness (QED) is 0.697. The van der Waals surface area contributed by atoms with Gasteiger partial charge in [-0.25, -0.2) is 4.98 Å². The summed E-state index contributed by atoms with van der Waals surface area (Å²) < 4.78 is 0. The number of H-pyrrole nitrogens is 1. The van der Waals surface area contributed by atoms with Gasteiger partial charge in [-0.1, -0.05) is 12.1 Å². The highest BCUT2D eigenvalue weighted by Gasteiger charge is 2.21. The summed E-state index contributed by atoms with van der Waals surface area (Å²) >= 11 is 0. The zero-order valence-corrected chi connectivity index (χ0v) is 17.8. The second kappa shape index (κ2) is 9.37. The number of aromatic nitrogens is 3. The molecule has 0 spiro atoms. The lowest BCUT2D eigenvalue weighted by Gasteiger charge is -2.34. The van der Waals surface area contributed by atoms with Crippen LogP contribution in [0.3, 0.4) is 0 Å². The molecule has 1 N–H and O–H groups in total. The van der Waals surface area contributed by atoms with Crippen LogP contribution in [0.1, 0.15) is 29.1 Å². The number of imidazole rings is 1. The van der Waals surface area contributed by atoms with Crippen LogP contribution in [0.15, 0.2) is 36.5 Å². The van der Waals surface area contributed by atoms with Crippen molar-refractivity contribution in [2.45, 2.75) is 33.2 Å². The molecule has 0 unspecified atom stereocenters. The standard InChI is InChI=1S/C22H27N5O.ClH/c1-16-13-17(2)22-19(14-16)24-20(25-22)6-7-21(28)27-11-9-26(10-12-27)15-18-5-3-4-8-23-18;/h3-5,8,13-14H,6-7,9-12,15H2,1-2H3,(H,24,25);1H. The minimum absolute atomic E-state index is 0. The van der Waals surface area contributed by atoms with Crippen molar-refractivity contribution < 1.29 is 4.79 Å². The minimum Gasteiger partial charge on any atom is -0.342 e. The summed E-state index contributed by atoms with van der Waals surface area (Å²) in [4.78, 5) is 29.4. The van der Waals surface area contributed by atoms with Crippen LogP contribution in [0.2, 0.25) is 0 Å². The summed E-state index contributed by atoms with van der Waals surface area (Å²) in [6.45, 7) is 8.37. The number of nitrogens with one attached hydrogen (secondary N) is 1. The van der Waals surface area contributed by atoms with Gasteiger partial charge in [-0.3, -0.25) is 14.7 Å². The summed E-state index contributed by atoms with van der Waals surface area (Å²) in [7, 11) is 0. The summed E-state index contributed by atoms with van der Waals surface area (Å²) in [5, 5.41) is 0. The Morgan fingerprint density at radius 2 is 1.93 bits per heavy atom. The highest BCUT2D eigenvalue weighted by molar-refractivity contribution is 5.85. The molecule has 1 aliphatic heterocycles. The van der Waals surface area contributed by atoms with Crippen molar-refractivity contribution in [2.24, 2.45) is 0 Å². The molecule has 0 aliphatic carbocycles. The van der Waals surface area contributed by atoms with E-state index in [0.29, 0.717) is 12.8 Å². The highest BCUT2D eigenvalue weighted by atomic mass is 35.5. The van der Waals surface area contributed by atoms with E-state index in [-0.39, 0.29) is 18.3 Å². The van der Waals surface area contributed by atoms with Crippen molar-refractivity contribution in [2.75, 3.05) is 26.2 Å². The molecule has 0 bridgehead atoms. The maximum absolute atomic E-state index is 12.6. The number of fused-ring (bicyclic) bond motifs is 1. The SMILES string of the molecule is Cc1cc(C)c2nc(CCC(=O)N3CCN(Cc4ccccn4)CC3)[nH]c2c1.Cl. The number of carbonyl (C=O) groups excluding carboxylic acids is 1. The number of aryl methyl sites for hydroxylation is 3. The number of hydrogen-bond donors (Lipinski definition) is 1. The van der Waals surface area contributed by atoms with Gasteiger partial charge in [0, 0.05) is 51.8 Å². The van der Waals surface area contributed by atoms with E-state index in [2.05, 4.69) is 45.8 Å². The average Bonchev–Trinajstić information content (AvgIpc) is 3.11. The molecular weight excluding hydrogens is 386 g/mol. The van der Waals surface area contributed by atoms with Gasteiger partial charge in [-0.2, -0.15) is 0 Å². The molecule has 2 aromatic heterocycles. The number of pyridine rings is 1. The summed E-state index contributed by atoms with van der Waals surface area (Å²) in [6.07, 6.45) is 2.98. The van der Waals surface area contributed by atoms with Gasteiger partial charge in [0.15, 0.2) is 0 Å². The summed E-state index contributed by atoms with van der Waals surface area (Å²) in [5.74, 6) is 1.11. The van der Waals surface area contributed by atoms with Crippen molar-refractivity contribution in [1.82, 2.24) is 24.8 Å². The minimum atomic E-state index is 0. The molecule has 6 nitrogen and oxygen atoms in total. The van der Waals surface area contributed by atoms with E-state index >= 15 is 0 Å². The van der Waals surface area contributed by atoms with E-state index in [1.807, 2.05) is 29.3 Å². The predicted molar refractivity (Wildman–Crippen MR) is 117 cm³/mol. The number of piperazine rings is 1. The molecule has 0 radical (unpaired) electrons. The average molecular weight is 414 g/mol. The van der Waals surface area contributed by atoms with Crippen LogP contribution in [0.25, 0.3) is 11.0 Å². The fourth-order valence-electron chi connectivity index (χ4n) is 3.90. The maximum Gasteiger partial charge on any atom is 0.223 e. The van der Waals surface area contributed by atoms with E-state index < -0.39 is 0 Å². The normalized spacial score (nSPS) is 14.8. The Bertz CT molecular complexity index is 964. The Labute approximate surface area is 177 Å². The maximum atomic E-state index is 12.6. The second-order valence-electron chi connectivity index (χ2n) is 7.64. The Hall–Kier alpha value is -2.44. The van der Waals surface area contributed by atoms with Gasteiger partial charge in [0.05, 0.1) is 16.7 Å². The number of benzene rings is 1. The molecule has 1 aromatic carbocycles. The first-order chi connectivity index (χ1) is 13.6. The lowest BCUT2D eigenvalue weighted by Crippen LogP contribution is -2.48. The van der Waals surface area contributed by atoms with Crippen LogP contribution in [0.4, 0.5) is 0 Å². The van der Waals surface area contributed by atoms with Crippen LogP contribution < -0.4 is 0 Å². The molecule has 1 saturated heterocycles. The molecule has 0 saturated carbocycles. The number of hydrogen-bond acceptors (Lipinski definition) is 4. The van der Waals surface area contributed by atoms with E-state index in [0.717, 1.165) is 55.3 Å². The molecule has 1 amide bonds. The van der Waals surface area contributed by atoms with Crippen molar-refractivity contribution in [3.05, 3.63) is 59.2 Å². The first-order valence-corrected chi connectivity index (χ1v) is 9.94. The molecule has 4 rings (SSSR count). The topological polar surface area (TPSA) is 65.1 Å². The monoisotopic (exact) mass is 413 g/mol. The van der Waals surface area contributed by atoms with Gasteiger partial charge < -0.3 is 9.88 Å². The molecule has 7 heteroatoms. The smallest absolute Gasteiger partial charge is 0.223 e. The zero-order chi connectivity index (χ0) is 19.5. The van der Waals surface area contributed by atoms with Crippen LogP contribution in [0, 0.1) is 13.8 Å². The number of nitrogens with zero attached hydrogens (tertiary/aromatic N) is 4. The number of amides is 1. The zero-order valence-electron chi connectivity index (χ0n) is 17.0. The van der Waals surface area contributed by atoms with E-state index in [1.165, 1.54) is 11.1 Å². The van der Waals surface area contributed by atoms with Crippen molar-refractivity contribution >= 4 is 29.3 Å². The van der Waals surface area contributed by atoms with Gasteiger partial charge in [-0.05, 0) is 43.2 Å². The second-order valence-corrected chi connectivity index (χ2v) is 7.64. The van der Waals surface area contributed by atoms with Gasteiger partial charge in [0.2, 0.25) is 5.91 Å². The third-order valence-corrected chi connectivity index (χ3v) is 5.38. The predicted octanol–water partition coefficient (Wildman–Crippen LogP) is 3.27. The third-order valence-electron chi connectivity index (χ3n) is 5.38. The van der Waals surface area contributed by atoms with Gasteiger partial charge in [0.25, 0.3) is 0 Å². The molecule has 3 heterocycles. The Kier molecular flexibility index (Phi) is 6.87. The van der Waals surface area contributed by atoms with Gasteiger partial charge in [0.1, 0.15) is 5.82 Å². The highest BCUT2D eigenvalue weighted by Crippen LogP contribution is 2.19. The first-order valence-electron chi connectivity index (χ1n) is 9.94. The lowest BCUT2D eigenvalue weighted by atomic mass is 10.1. The van der Waals surface area contributed by atoms with Crippen molar-refractivity contribution in [3.8, 4) is 0 Å². The fraction of sp³-hybridized carbons (Fsp3) is 0.409. The summed E-state index contributed by atoms with van der Waals surface area (Å²) in [5.41, 5.74) is 5.55. The van der Waals surface area contributed by atoms with Crippen molar-refractivity contribution in [3.63, 3.8) is 0 Å². The molecular formula is C22H28ClN5O. The molecule has 0 atom stereocenters. The largest absolute Gasteiger partial charge is 0.342 e. The third kappa shape index (κ3) is 5.14. The van der Waals surface area contributed by atoms with E-state index in [1.54, 1.807) is 0 Å². The summed E-state index contributed by atoms with van der Waals surface area (Å²) in [6, 6.07) is 10.3. The van der Waals surface area contributed by atoms with Crippen LogP contribution in [-0.4, -0.2) is 56.8 Å². The van der Waals surface area contributed by atoms with Crippen LogP contribution in [0.5, 0.6) is 0 Å². The lowest BCUT2D eigenvalue weighted by molar-refractivity contribution is -0.133. The van der Waals surface area contributed by atoms with E-state index in [4.69, 9.17) is 0 Å². The molecule has 1 fully saturated rings. The molecule has 1 aliphatic rings. The van der Waals surface area contributed by atoms with Crippen LogP contribution in [-0.2, 0) is 17.8 Å². The van der Waals surface area contributed by atoms with Crippen LogP contribution >= 0.6 is 12.4 Å². The molecule has 3 aromatic rings. The Morgan fingerprint density at radius 1 is 1.14 bits per heavy atom. The number of carbonyl (C=O) groups is 1. The van der Waals surface area contributed by atoms with Gasteiger partial charge >= 0.3 is 0 Å². The first kappa shape index (κ1) is 21.3. The van der Waals surface area contributed by atoms with Crippen molar-refractivity contribution in [1.29, 1.82) is 0 Å². The Balaban J connectivity index is 0.00000240. The number of rotatable bonds is 5.